The Kier molecular flexibility index (Phi) is 5.62. The molecule has 4 rings (SSSR count). The number of hydrogen-bond donors (Lipinski definition) is 2. The summed E-state index contributed by atoms with van der Waals surface area (Å²) in [6.07, 6.45) is 3.72. The maximum absolute atomic E-state index is 12.4. The number of fused-ring (bicyclic) bond motifs is 1. The molecule has 0 atom stereocenters. The lowest BCUT2D eigenvalue weighted by atomic mass is 10.0. The average molecular weight is 407 g/mol. The second-order valence-corrected chi connectivity index (χ2v) is 7.67. The van der Waals surface area contributed by atoms with Gasteiger partial charge in [0.2, 0.25) is 11.8 Å². The lowest BCUT2D eigenvalue weighted by Gasteiger charge is -2.17. The summed E-state index contributed by atoms with van der Waals surface area (Å²) in [7, 11) is 0. The molecule has 1 aliphatic rings. The molecule has 3 aromatic rings. The number of benzene rings is 2. The van der Waals surface area contributed by atoms with Crippen molar-refractivity contribution in [1.82, 2.24) is 14.8 Å². The van der Waals surface area contributed by atoms with Gasteiger partial charge in [0.25, 0.3) is 0 Å². The minimum absolute atomic E-state index is 0.0273. The maximum atomic E-state index is 12.4. The number of carbonyl (C=O) groups excluding carboxylic acids is 2. The molecule has 0 aliphatic carbocycles. The normalized spacial score (nSPS) is 12.9. The Morgan fingerprint density at radius 1 is 1.24 bits per heavy atom. The summed E-state index contributed by atoms with van der Waals surface area (Å²) in [6, 6.07) is 13.6. The van der Waals surface area contributed by atoms with Gasteiger partial charge < -0.3 is 10.6 Å². The molecule has 0 saturated carbocycles. The van der Waals surface area contributed by atoms with Crippen molar-refractivity contribution < 1.29 is 9.59 Å². The van der Waals surface area contributed by atoms with E-state index < -0.39 is 0 Å². The summed E-state index contributed by atoms with van der Waals surface area (Å²) in [5.74, 6) is 0.133. The first-order valence-electron chi connectivity index (χ1n) is 9.47. The van der Waals surface area contributed by atoms with Gasteiger partial charge in [0.1, 0.15) is 6.33 Å². The van der Waals surface area contributed by atoms with E-state index in [0.29, 0.717) is 18.0 Å². The van der Waals surface area contributed by atoms with Crippen LogP contribution in [-0.2, 0) is 22.4 Å². The second kappa shape index (κ2) is 8.48. The van der Waals surface area contributed by atoms with Gasteiger partial charge in [0.05, 0.1) is 11.4 Å². The third-order valence-electron chi connectivity index (χ3n) is 4.77. The molecule has 2 amide bonds. The van der Waals surface area contributed by atoms with Gasteiger partial charge in [0.15, 0.2) is 5.16 Å². The highest BCUT2D eigenvalue weighted by Crippen LogP contribution is 2.26. The highest BCUT2D eigenvalue weighted by molar-refractivity contribution is 7.99. The van der Waals surface area contributed by atoms with Crippen LogP contribution in [0.15, 0.2) is 53.9 Å². The number of aromatic nitrogens is 3. The monoisotopic (exact) mass is 407 g/mol. The van der Waals surface area contributed by atoms with E-state index in [1.165, 1.54) is 17.3 Å². The minimum atomic E-state index is -0.117. The zero-order valence-electron chi connectivity index (χ0n) is 16.0. The van der Waals surface area contributed by atoms with E-state index in [1.807, 2.05) is 34.9 Å². The van der Waals surface area contributed by atoms with Gasteiger partial charge in [-0.05, 0) is 48.2 Å². The Bertz CT molecular complexity index is 1060. The Balaban J connectivity index is 1.41. The van der Waals surface area contributed by atoms with Crippen LogP contribution in [-0.4, -0.2) is 32.3 Å². The van der Waals surface area contributed by atoms with E-state index in [4.69, 9.17) is 0 Å². The van der Waals surface area contributed by atoms with Crippen LogP contribution in [0, 0.1) is 0 Å². The fourth-order valence-electron chi connectivity index (χ4n) is 3.32. The van der Waals surface area contributed by atoms with Crippen molar-refractivity contribution in [3.05, 3.63) is 59.9 Å². The molecule has 0 fully saturated rings. The maximum Gasteiger partial charge on any atom is 0.234 e. The zero-order chi connectivity index (χ0) is 20.2. The molecule has 8 heteroatoms. The van der Waals surface area contributed by atoms with Gasteiger partial charge in [-0.1, -0.05) is 36.9 Å². The first kappa shape index (κ1) is 19.2. The van der Waals surface area contributed by atoms with E-state index in [2.05, 4.69) is 33.8 Å². The molecule has 1 aromatic heterocycles. The molecule has 0 saturated heterocycles. The van der Waals surface area contributed by atoms with Gasteiger partial charge >= 0.3 is 0 Å². The molecule has 148 valence electrons. The molecule has 0 unspecified atom stereocenters. The van der Waals surface area contributed by atoms with Crippen molar-refractivity contribution in [2.24, 2.45) is 0 Å². The topological polar surface area (TPSA) is 88.9 Å². The van der Waals surface area contributed by atoms with Gasteiger partial charge in [-0.3, -0.25) is 14.2 Å². The molecule has 29 heavy (non-hydrogen) atoms. The Labute approximate surface area is 172 Å². The van der Waals surface area contributed by atoms with Crippen molar-refractivity contribution in [2.45, 2.75) is 31.3 Å². The lowest BCUT2D eigenvalue weighted by Crippen LogP contribution is -2.20. The molecule has 2 aromatic carbocycles. The van der Waals surface area contributed by atoms with Crippen LogP contribution in [0.4, 0.5) is 11.4 Å². The van der Waals surface area contributed by atoms with Gasteiger partial charge in [-0.2, -0.15) is 0 Å². The van der Waals surface area contributed by atoms with E-state index >= 15 is 0 Å². The number of nitrogens with zero attached hydrogens (tertiary/aromatic N) is 3. The summed E-state index contributed by atoms with van der Waals surface area (Å²) in [5.41, 5.74) is 4.80. The summed E-state index contributed by atoms with van der Waals surface area (Å²) in [4.78, 5) is 23.9. The van der Waals surface area contributed by atoms with Crippen LogP contribution >= 0.6 is 11.8 Å². The molecule has 1 aliphatic heterocycles. The van der Waals surface area contributed by atoms with Crippen molar-refractivity contribution in [1.29, 1.82) is 0 Å². The predicted octanol–water partition coefficient (Wildman–Crippen LogP) is 3.45. The largest absolute Gasteiger partial charge is 0.326 e. The number of amides is 2. The van der Waals surface area contributed by atoms with Crippen molar-refractivity contribution in [2.75, 3.05) is 16.4 Å². The minimum Gasteiger partial charge on any atom is -0.326 e. The fraction of sp³-hybridized carbons (Fsp3) is 0.238. The molecule has 2 N–H and O–H groups in total. The molecular weight excluding hydrogens is 386 g/mol. The van der Waals surface area contributed by atoms with E-state index in [9.17, 15) is 9.59 Å². The highest BCUT2D eigenvalue weighted by Gasteiger charge is 2.16. The number of carbonyl (C=O) groups is 2. The van der Waals surface area contributed by atoms with Gasteiger partial charge in [0, 0.05) is 17.8 Å². The van der Waals surface area contributed by atoms with Crippen molar-refractivity contribution >= 4 is 35.0 Å². The van der Waals surface area contributed by atoms with Crippen LogP contribution in [0.2, 0.25) is 0 Å². The third-order valence-corrected chi connectivity index (χ3v) is 5.71. The summed E-state index contributed by atoms with van der Waals surface area (Å²) < 4.78 is 1.92. The molecule has 7 nitrogen and oxygen atoms in total. The van der Waals surface area contributed by atoms with Crippen molar-refractivity contribution in [3.63, 3.8) is 0 Å². The predicted molar refractivity (Wildman–Crippen MR) is 113 cm³/mol. The number of thioether (sulfide) groups is 1. The third kappa shape index (κ3) is 4.32. The highest BCUT2D eigenvalue weighted by atomic mass is 32.2. The Morgan fingerprint density at radius 3 is 2.97 bits per heavy atom. The van der Waals surface area contributed by atoms with E-state index in [1.54, 1.807) is 12.4 Å². The first-order valence-corrected chi connectivity index (χ1v) is 10.5. The molecule has 2 heterocycles. The van der Waals surface area contributed by atoms with Crippen molar-refractivity contribution in [3.8, 4) is 5.69 Å². The average Bonchev–Trinajstić information content (AvgIpc) is 3.21. The number of rotatable bonds is 6. The molecule has 0 bridgehead atoms. The van der Waals surface area contributed by atoms with Crippen LogP contribution < -0.4 is 10.6 Å². The number of aryl methyl sites for hydroxylation is 2. The van der Waals surface area contributed by atoms with Gasteiger partial charge in [-0.15, -0.1) is 10.2 Å². The van der Waals surface area contributed by atoms with Crippen LogP contribution in [0.3, 0.4) is 0 Å². The molecular formula is C21H21N5O2S. The molecule has 0 radical (unpaired) electrons. The summed E-state index contributed by atoms with van der Waals surface area (Å²) >= 11 is 1.34. The smallest absolute Gasteiger partial charge is 0.234 e. The van der Waals surface area contributed by atoms with Crippen LogP contribution in [0.1, 0.15) is 24.5 Å². The van der Waals surface area contributed by atoms with E-state index in [0.717, 1.165) is 29.0 Å². The fourth-order valence-corrected chi connectivity index (χ4v) is 4.04. The summed E-state index contributed by atoms with van der Waals surface area (Å²) in [5, 5.41) is 14.6. The number of para-hydroxylation sites is 1. The number of anilines is 2. The quantitative estimate of drug-likeness (QED) is 0.611. The lowest BCUT2D eigenvalue weighted by molar-refractivity contribution is -0.116. The second-order valence-electron chi connectivity index (χ2n) is 6.72. The van der Waals surface area contributed by atoms with E-state index in [-0.39, 0.29) is 17.6 Å². The zero-order valence-corrected chi connectivity index (χ0v) is 16.8. The standard InChI is InChI=1S/C21H21N5O2S/c1-2-14-5-3-4-6-18(14)26-13-22-25-21(26)29-12-20(28)23-16-8-9-17-15(11-16)7-10-19(27)24-17/h3-6,8-9,11,13H,2,7,10,12H2,1H3,(H,23,28)(H,24,27). The first-order chi connectivity index (χ1) is 14.1. The number of nitrogens with one attached hydrogen (secondary N) is 2. The SMILES string of the molecule is CCc1ccccc1-n1cnnc1SCC(=O)Nc1ccc2c(c1)CCC(=O)N2. The summed E-state index contributed by atoms with van der Waals surface area (Å²) in [6.45, 7) is 2.10. The number of hydrogen-bond acceptors (Lipinski definition) is 5. The van der Waals surface area contributed by atoms with Crippen LogP contribution in [0.25, 0.3) is 5.69 Å². The molecule has 0 spiro atoms. The van der Waals surface area contributed by atoms with Gasteiger partial charge in [-0.25, -0.2) is 0 Å². The van der Waals surface area contributed by atoms with Crippen LogP contribution in [0.5, 0.6) is 0 Å². The Morgan fingerprint density at radius 2 is 2.10 bits per heavy atom. The Hall–Kier alpha value is -3.13.